The maximum Gasteiger partial charge on any atom is 0.301 e. The molecule has 7 nitrogen and oxygen atoms in total. The molecular formula is C25H19ClN2O5S. The Bertz CT molecular complexity index is 1480. The van der Waals surface area contributed by atoms with Crippen molar-refractivity contribution in [2.75, 3.05) is 12.0 Å². The van der Waals surface area contributed by atoms with E-state index in [-0.39, 0.29) is 11.3 Å². The fourth-order valence-corrected chi connectivity index (χ4v) is 5.44. The van der Waals surface area contributed by atoms with Gasteiger partial charge in [-0.1, -0.05) is 41.1 Å². The summed E-state index contributed by atoms with van der Waals surface area (Å²) in [6.07, 6.45) is 0. The number of carbonyl (C=O) groups excluding carboxylic acids is 2. The first-order valence-electron chi connectivity index (χ1n) is 10.4. The summed E-state index contributed by atoms with van der Waals surface area (Å²) in [5.41, 5.74) is 1.48. The van der Waals surface area contributed by atoms with Gasteiger partial charge in [0.2, 0.25) is 0 Å². The topological polar surface area (TPSA) is 92.9 Å². The molecule has 1 fully saturated rings. The quantitative estimate of drug-likeness (QED) is 0.219. The van der Waals surface area contributed by atoms with Crippen molar-refractivity contribution in [3.63, 3.8) is 0 Å². The van der Waals surface area contributed by atoms with Crippen molar-refractivity contribution in [1.82, 2.24) is 4.98 Å². The van der Waals surface area contributed by atoms with Crippen LogP contribution in [-0.2, 0) is 9.59 Å². The number of methoxy groups -OCH3 is 1. The summed E-state index contributed by atoms with van der Waals surface area (Å²) in [7, 11) is 1.55. The molecule has 5 rings (SSSR count). The van der Waals surface area contributed by atoms with Crippen LogP contribution >= 0.6 is 22.9 Å². The van der Waals surface area contributed by atoms with Crippen molar-refractivity contribution in [1.29, 1.82) is 0 Å². The highest BCUT2D eigenvalue weighted by atomic mass is 35.5. The second kappa shape index (κ2) is 8.30. The van der Waals surface area contributed by atoms with Gasteiger partial charge in [0.15, 0.2) is 5.13 Å². The minimum Gasteiger partial charge on any atom is -0.507 e. The molecule has 0 bridgehead atoms. The Morgan fingerprint density at radius 2 is 1.91 bits per heavy atom. The fraction of sp³-hybridized carbons (Fsp3) is 0.160. The van der Waals surface area contributed by atoms with E-state index in [1.54, 1.807) is 63.4 Å². The molecule has 1 unspecified atom stereocenters. The number of hydrogen-bond donors (Lipinski definition) is 1. The highest BCUT2D eigenvalue weighted by molar-refractivity contribution is 7.22. The van der Waals surface area contributed by atoms with Crippen molar-refractivity contribution in [2.45, 2.75) is 19.9 Å². The summed E-state index contributed by atoms with van der Waals surface area (Å²) in [4.78, 5) is 32.5. The standard InChI is InChI=1S/C25H19ClN2O5S/c1-12-11-16(13(2)33-12)22(29)19-21(14-7-9-15(32-3)10-8-14)28(24(31)23(19)30)25-27-20-17(26)5-4-6-18(20)34-25/h4-11,21,29H,1-3H3/b22-19+. The van der Waals surface area contributed by atoms with Gasteiger partial charge in [0.25, 0.3) is 5.78 Å². The number of aliphatic hydroxyl groups excluding tert-OH is 1. The predicted molar refractivity (Wildman–Crippen MR) is 131 cm³/mol. The van der Waals surface area contributed by atoms with E-state index in [2.05, 4.69) is 4.98 Å². The van der Waals surface area contributed by atoms with E-state index in [4.69, 9.17) is 20.8 Å². The summed E-state index contributed by atoms with van der Waals surface area (Å²) >= 11 is 7.56. The summed E-state index contributed by atoms with van der Waals surface area (Å²) in [5.74, 6) is -0.238. The number of aromatic nitrogens is 1. The van der Waals surface area contributed by atoms with Crippen molar-refractivity contribution in [3.05, 3.63) is 81.8 Å². The van der Waals surface area contributed by atoms with Gasteiger partial charge in [-0.2, -0.15) is 0 Å². The monoisotopic (exact) mass is 494 g/mol. The lowest BCUT2D eigenvalue weighted by molar-refractivity contribution is -0.132. The van der Waals surface area contributed by atoms with Crippen LogP contribution < -0.4 is 9.64 Å². The number of benzene rings is 2. The Morgan fingerprint density at radius 3 is 2.53 bits per heavy atom. The average Bonchev–Trinajstić information content (AvgIpc) is 3.48. The summed E-state index contributed by atoms with van der Waals surface area (Å²) in [6.45, 7) is 3.43. The second-order valence-corrected chi connectivity index (χ2v) is 9.27. The Kier molecular flexibility index (Phi) is 5.42. The van der Waals surface area contributed by atoms with E-state index in [1.165, 1.54) is 16.2 Å². The number of nitrogens with zero attached hydrogens (tertiary/aromatic N) is 2. The van der Waals surface area contributed by atoms with E-state index in [1.807, 2.05) is 6.07 Å². The van der Waals surface area contributed by atoms with Crippen molar-refractivity contribution in [3.8, 4) is 5.75 Å². The number of aliphatic hydroxyl groups is 1. The number of rotatable bonds is 4. The van der Waals surface area contributed by atoms with E-state index in [0.29, 0.717) is 44.1 Å². The maximum atomic E-state index is 13.3. The molecule has 34 heavy (non-hydrogen) atoms. The number of carbonyl (C=O) groups is 2. The number of aryl methyl sites for hydroxylation is 2. The Labute approximate surface area is 203 Å². The number of Topliss-reactive ketones (excluding diaryl/α,β-unsaturated/α-hetero) is 1. The van der Waals surface area contributed by atoms with Gasteiger partial charge in [-0.05, 0) is 49.7 Å². The van der Waals surface area contributed by atoms with E-state index in [9.17, 15) is 14.7 Å². The van der Waals surface area contributed by atoms with Crippen LogP contribution in [0.1, 0.15) is 28.7 Å². The number of fused-ring (bicyclic) bond motifs is 1. The number of halogens is 1. The Morgan fingerprint density at radius 1 is 1.18 bits per heavy atom. The van der Waals surface area contributed by atoms with Gasteiger partial charge in [-0.15, -0.1) is 0 Å². The molecule has 0 aliphatic carbocycles. The molecule has 0 radical (unpaired) electrons. The molecule has 1 aliphatic heterocycles. The third-order valence-corrected chi connectivity index (χ3v) is 7.06. The number of amides is 1. The first-order valence-corrected chi connectivity index (χ1v) is 11.6. The van der Waals surface area contributed by atoms with Crippen LogP contribution in [0.5, 0.6) is 5.75 Å². The number of para-hydroxylation sites is 1. The summed E-state index contributed by atoms with van der Waals surface area (Å²) < 4.78 is 11.6. The number of furan rings is 1. The maximum absolute atomic E-state index is 13.3. The second-order valence-electron chi connectivity index (χ2n) is 7.85. The number of hydrogen-bond acceptors (Lipinski definition) is 7. The molecule has 3 heterocycles. The zero-order valence-corrected chi connectivity index (χ0v) is 20.0. The van der Waals surface area contributed by atoms with Crippen LogP contribution in [0.15, 0.2) is 58.5 Å². The van der Waals surface area contributed by atoms with Crippen LogP contribution in [0, 0.1) is 13.8 Å². The molecule has 1 N–H and O–H groups in total. The smallest absolute Gasteiger partial charge is 0.301 e. The zero-order valence-electron chi connectivity index (χ0n) is 18.5. The lowest BCUT2D eigenvalue weighted by Crippen LogP contribution is -2.29. The van der Waals surface area contributed by atoms with Crippen LogP contribution in [0.25, 0.3) is 16.0 Å². The molecule has 0 saturated carbocycles. The van der Waals surface area contributed by atoms with Gasteiger partial charge in [-0.3, -0.25) is 14.5 Å². The van der Waals surface area contributed by atoms with Gasteiger partial charge in [0, 0.05) is 0 Å². The van der Waals surface area contributed by atoms with Crippen LogP contribution in [-0.4, -0.2) is 28.9 Å². The number of thiazole rings is 1. The highest BCUT2D eigenvalue weighted by Gasteiger charge is 2.48. The van der Waals surface area contributed by atoms with Gasteiger partial charge < -0.3 is 14.3 Å². The van der Waals surface area contributed by atoms with E-state index < -0.39 is 17.7 Å². The van der Waals surface area contributed by atoms with Crippen LogP contribution in [0.2, 0.25) is 5.02 Å². The molecule has 1 amide bonds. The van der Waals surface area contributed by atoms with Crippen LogP contribution in [0.4, 0.5) is 5.13 Å². The molecule has 1 saturated heterocycles. The minimum atomic E-state index is -0.903. The van der Waals surface area contributed by atoms with Crippen molar-refractivity contribution in [2.24, 2.45) is 0 Å². The molecule has 172 valence electrons. The van der Waals surface area contributed by atoms with Gasteiger partial charge in [0.05, 0.1) is 34.0 Å². The fourth-order valence-electron chi connectivity index (χ4n) is 4.15. The minimum absolute atomic E-state index is 0.0376. The summed E-state index contributed by atoms with van der Waals surface area (Å²) in [5, 5.41) is 12.0. The zero-order chi connectivity index (χ0) is 24.1. The first kappa shape index (κ1) is 22.2. The first-order chi connectivity index (χ1) is 16.3. The Hall–Kier alpha value is -3.62. The average molecular weight is 495 g/mol. The molecule has 4 aromatic rings. The molecule has 2 aromatic heterocycles. The molecule has 0 spiro atoms. The molecule has 2 aromatic carbocycles. The largest absolute Gasteiger partial charge is 0.507 e. The summed E-state index contributed by atoms with van der Waals surface area (Å²) in [6, 6.07) is 13.1. The lowest BCUT2D eigenvalue weighted by Gasteiger charge is -2.23. The van der Waals surface area contributed by atoms with Crippen molar-refractivity contribution >= 4 is 55.7 Å². The number of ketones is 1. The van der Waals surface area contributed by atoms with Gasteiger partial charge >= 0.3 is 5.91 Å². The predicted octanol–water partition coefficient (Wildman–Crippen LogP) is 5.79. The van der Waals surface area contributed by atoms with E-state index in [0.717, 1.165) is 4.70 Å². The molecule has 1 atom stereocenters. The Balaban J connectivity index is 1.75. The van der Waals surface area contributed by atoms with Crippen molar-refractivity contribution < 1.29 is 23.8 Å². The number of anilines is 1. The SMILES string of the molecule is COc1ccc(C2/C(=C(\O)c3cc(C)oc3C)C(=O)C(=O)N2c2nc3c(Cl)cccc3s2)cc1. The molecular weight excluding hydrogens is 476 g/mol. The van der Waals surface area contributed by atoms with Gasteiger partial charge in [-0.25, -0.2) is 4.98 Å². The molecule has 1 aliphatic rings. The highest BCUT2D eigenvalue weighted by Crippen LogP contribution is 2.45. The van der Waals surface area contributed by atoms with Gasteiger partial charge in [0.1, 0.15) is 28.5 Å². The third-order valence-electron chi connectivity index (χ3n) is 5.74. The molecule has 9 heteroatoms. The lowest BCUT2D eigenvalue weighted by atomic mass is 9.95. The normalized spacial score (nSPS) is 17.6. The van der Waals surface area contributed by atoms with E-state index >= 15 is 0 Å². The van der Waals surface area contributed by atoms with Crippen LogP contribution in [0.3, 0.4) is 0 Å². The third kappa shape index (κ3) is 3.46. The number of ether oxygens (including phenoxy) is 1.